The minimum atomic E-state index is -0.458. The molecule has 2 aromatic carbocycles. The van der Waals surface area contributed by atoms with E-state index < -0.39 is 6.04 Å². The van der Waals surface area contributed by atoms with Crippen LogP contribution in [0.3, 0.4) is 0 Å². The number of benzene rings is 2. The van der Waals surface area contributed by atoms with Gasteiger partial charge in [0.05, 0.1) is 24.7 Å². The smallest absolute Gasteiger partial charge is 0.161 e. The second-order valence-electron chi connectivity index (χ2n) is 4.24. The molecule has 0 aliphatic heterocycles. The Hall–Kier alpha value is -1.59. The van der Waals surface area contributed by atoms with E-state index in [4.69, 9.17) is 15.2 Å². The Balaban J connectivity index is 2.43. The summed E-state index contributed by atoms with van der Waals surface area (Å²) in [5.74, 6) is 0.883. The normalized spacial score (nSPS) is 12.1. The van der Waals surface area contributed by atoms with Gasteiger partial charge >= 0.3 is 0 Å². The van der Waals surface area contributed by atoms with Crippen LogP contribution in [0.15, 0.2) is 40.9 Å². The molecule has 1 unspecified atom stereocenters. The monoisotopic (exact) mass is 339 g/mol. The molecule has 0 aliphatic carbocycles. The molecule has 2 N–H and O–H groups in total. The Kier molecular flexibility index (Phi) is 4.62. The second kappa shape index (κ2) is 6.24. The van der Waals surface area contributed by atoms with Gasteiger partial charge in [0, 0.05) is 0 Å². The van der Waals surface area contributed by atoms with Gasteiger partial charge in [0.15, 0.2) is 11.5 Å². The number of hydrogen-bond acceptors (Lipinski definition) is 3. The average Bonchev–Trinajstić information content (AvgIpc) is 2.48. The highest BCUT2D eigenvalue weighted by Gasteiger charge is 2.16. The summed E-state index contributed by atoms with van der Waals surface area (Å²) < 4.78 is 24.4. The lowest BCUT2D eigenvalue weighted by Crippen LogP contribution is -2.13. The van der Waals surface area contributed by atoms with E-state index in [1.165, 1.54) is 6.07 Å². The third kappa shape index (κ3) is 2.78. The summed E-state index contributed by atoms with van der Waals surface area (Å²) in [5, 5.41) is 0. The maximum absolute atomic E-state index is 13.6. The van der Waals surface area contributed by atoms with E-state index in [9.17, 15) is 4.39 Å². The van der Waals surface area contributed by atoms with E-state index in [-0.39, 0.29) is 5.82 Å². The van der Waals surface area contributed by atoms with E-state index in [2.05, 4.69) is 15.9 Å². The summed E-state index contributed by atoms with van der Waals surface area (Å²) in [6.45, 7) is 0. The van der Waals surface area contributed by atoms with Crippen LogP contribution >= 0.6 is 15.9 Å². The molecule has 0 aromatic heterocycles. The van der Waals surface area contributed by atoms with Crippen LogP contribution in [0.2, 0.25) is 0 Å². The zero-order valence-electron chi connectivity index (χ0n) is 11.2. The Bertz CT molecular complexity index is 619. The SMILES string of the molecule is COc1ccc(C(N)c2cccc(F)c2Br)cc1OC. The molecular weight excluding hydrogens is 325 g/mol. The maximum Gasteiger partial charge on any atom is 0.161 e. The van der Waals surface area contributed by atoms with Crippen LogP contribution < -0.4 is 15.2 Å². The van der Waals surface area contributed by atoms with Crippen molar-refractivity contribution < 1.29 is 13.9 Å². The highest BCUT2D eigenvalue weighted by molar-refractivity contribution is 9.10. The van der Waals surface area contributed by atoms with Crippen molar-refractivity contribution in [3.05, 3.63) is 57.8 Å². The van der Waals surface area contributed by atoms with Gasteiger partial charge in [-0.1, -0.05) is 18.2 Å². The van der Waals surface area contributed by atoms with Crippen LogP contribution in [0, 0.1) is 5.82 Å². The lowest BCUT2D eigenvalue weighted by atomic mass is 9.99. The van der Waals surface area contributed by atoms with Crippen molar-refractivity contribution in [3.8, 4) is 11.5 Å². The Morgan fingerprint density at radius 2 is 1.80 bits per heavy atom. The highest BCUT2D eigenvalue weighted by atomic mass is 79.9. The second-order valence-corrected chi connectivity index (χ2v) is 5.03. The number of nitrogens with two attached hydrogens (primary N) is 1. The van der Waals surface area contributed by atoms with E-state index in [1.807, 2.05) is 6.07 Å². The van der Waals surface area contributed by atoms with E-state index in [1.54, 1.807) is 38.5 Å². The standard InChI is InChI=1S/C15H15BrFNO2/c1-19-12-7-6-9(8-13(12)20-2)15(18)10-4-3-5-11(17)14(10)16/h3-8,15H,18H2,1-2H3. The van der Waals surface area contributed by atoms with Gasteiger partial charge in [0.2, 0.25) is 0 Å². The van der Waals surface area contributed by atoms with Gasteiger partial charge < -0.3 is 15.2 Å². The molecule has 0 fully saturated rings. The van der Waals surface area contributed by atoms with Crippen molar-refractivity contribution in [1.82, 2.24) is 0 Å². The summed E-state index contributed by atoms with van der Waals surface area (Å²) in [5.41, 5.74) is 7.70. The van der Waals surface area contributed by atoms with Crippen LogP contribution in [0.5, 0.6) is 11.5 Å². The first kappa shape index (κ1) is 14.8. The Morgan fingerprint density at radius 3 is 2.45 bits per heavy atom. The number of halogens is 2. The van der Waals surface area contributed by atoms with Gasteiger partial charge in [0.1, 0.15) is 5.82 Å². The minimum absolute atomic E-state index is 0.335. The number of ether oxygens (including phenoxy) is 2. The van der Waals surface area contributed by atoms with Gasteiger partial charge in [-0.05, 0) is 45.3 Å². The van der Waals surface area contributed by atoms with Crippen molar-refractivity contribution >= 4 is 15.9 Å². The van der Waals surface area contributed by atoms with Gasteiger partial charge in [-0.15, -0.1) is 0 Å². The summed E-state index contributed by atoms with van der Waals surface area (Å²) in [7, 11) is 3.13. The van der Waals surface area contributed by atoms with Crippen LogP contribution in [0.4, 0.5) is 4.39 Å². The molecule has 0 saturated carbocycles. The molecule has 2 aromatic rings. The zero-order valence-corrected chi connectivity index (χ0v) is 12.8. The molecule has 0 bridgehead atoms. The van der Waals surface area contributed by atoms with Gasteiger partial charge in [-0.25, -0.2) is 4.39 Å². The molecule has 2 rings (SSSR count). The number of rotatable bonds is 4. The molecule has 0 amide bonds. The summed E-state index contributed by atoms with van der Waals surface area (Å²) in [6, 6.07) is 9.75. The molecule has 1 atom stereocenters. The van der Waals surface area contributed by atoms with Crippen LogP contribution in [-0.2, 0) is 0 Å². The van der Waals surface area contributed by atoms with Gasteiger partial charge in [-0.3, -0.25) is 0 Å². The largest absolute Gasteiger partial charge is 0.493 e. The first-order valence-corrected chi connectivity index (χ1v) is 6.79. The van der Waals surface area contributed by atoms with Crippen molar-refractivity contribution in [2.24, 2.45) is 5.73 Å². The Labute approximate surface area is 125 Å². The predicted octanol–water partition coefficient (Wildman–Crippen LogP) is 3.65. The van der Waals surface area contributed by atoms with E-state index >= 15 is 0 Å². The van der Waals surface area contributed by atoms with E-state index in [0.29, 0.717) is 21.5 Å². The average molecular weight is 340 g/mol. The summed E-state index contributed by atoms with van der Waals surface area (Å²) in [4.78, 5) is 0. The van der Waals surface area contributed by atoms with Crippen molar-refractivity contribution in [2.45, 2.75) is 6.04 Å². The number of hydrogen-bond donors (Lipinski definition) is 1. The van der Waals surface area contributed by atoms with Crippen molar-refractivity contribution in [1.29, 1.82) is 0 Å². The fourth-order valence-electron chi connectivity index (χ4n) is 1.99. The van der Waals surface area contributed by atoms with Crippen LogP contribution in [0.25, 0.3) is 0 Å². The summed E-state index contributed by atoms with van der Waals surface area (Å²) in [6.07, 6.45) is 0. The Morgan fingerprint density at radius 1 is 1.10 bits per heavy atom. The summed E-state index contributed by atoms with van der Waals surface area (Å²) >= 11 is 3.23. The quantitative estimate of drug-likeness (QED) is 0.924. The fraction of sp³-hybridized carbons (Fsp3) is 0.200. The van der Waals surface area contributed by atoms with Crippen LogP contribution in [0.1, 0.15) is 17.2 Å². The molecule has 0 saturated heterocycles. The fourth-order valence-corrected chi connectivity index (χ4v) is 2.50. The molecular formula is C15H15BrFNO2. The van der Waals surface area contributed by atoms with Crippen molar-refractivity contribution in [3.63, 3.8) is 0 Å². The zero-order chi connectivity index (χ0) is 14.7. The molecule has 0 radical (unpaired) electrons. The third-order valence-corrected chi connectivity index (χ3v) is 3.92. The minimum Gasteiger partial charge on any atom is -0.493 e. The van der Waals surface area contributed by atoms with Crippen LogP contribution in [-0.4, -0.2) is 14.2 Å². The molecule has 0 aliphatic rings. The predicted molar refractivity (Wildman–Crippen MR) is 79.7 cm³/mol. The molecule has 20 heavy (non-hydrogen) atoms. The van der Waals surface area contributed by atoms with Gasteiger partial charge in [0.25, 0.3) is 0 Å². The topological polar surface area (TPSA) is 44.5 Å². The van der Waals surface area contributed by atoms with Gasteiger partial charge in [-0.2, -0.15) is 0 Å². The molecule has 106 valence electrons. The highest BCUT2D eigenvalue weighted by Crippen LogP contribution is 2.33. The first-order chi connectivity index (χ1) is 9.58. The maximum atomic E-state index is 13.6. The number of methoxy groups -OCH3 is 2. The lowest BCUT2D eigenvalue weighted by Gasteiger charge is -2.17. The third-order valence-electron chi connectivity index (χ3n) is 3.08. The molecule has 0 heterocycles. The van der Waals surface area contributed by atoms with Crippen molar-refractivity contribution in [2.75, 3.05) is 14.2 Å². The molecule has 0 spiro atoms. The molecule has 3 nitrogen and oxygen atoms in total. The first-order valence-electron chi connectivity index (χ1n) is 6.00. The molecule has 5 heteroatoms. The van der Waals surface area contributed by atoms with E-state index in [0.717, 1.165) is 5.56 Å². The lowest BCUT2D eigenvalue weighted by molar-refractivity contribution is 0.354.